The van der Waals surface area contributed by atoms with E-state index in [4.69, 9.17) is 26.2 Å². The third-order valence-electron chi connectivity index (χ3n) is 7.07. The first-order valence-electron chi connectivity index (χ1n) is 13.4. The molecule has 0 aliphatic heterocycles. The van der Waals surface area contributed by atoms with Crippen LogP contribution in [-0.2, 0) is 20.9 Å². The lowest BCUT2D eigenvalue weighted by molar-refractivity contribution is -0.137. The summed E-state index contributed by atoms with van der Waals surface area (Å²) in [4.78, 5) is 15.9. The molecule has 2 unspecified atom stereocenters. The van der Waals surface area contributed by atoms with E-state index in [1.54, 1.807) is 23.3 Å². The molecule has 0 spiro atoms. The molecule has 0 saturated carbocycles. The normalized spacial score (nSPS) is 17.8. The Labute approximate surface area is 229 Å². The lowest BCUT2D eigenvalue weighted by atomic mass is 9.79. The van der Waals surface area contributed by atoms with Gasteiger partial charge in [-0.1, -0.05) is 55.8 Å². The Morgan fingerprint density at radius 2 is 2.05 bits per heavy atom. The number of fused-ring (bicyclic) bond motifs is 1. The van der Waals surface area contributed by atoms with E-state index in [1.807, 2.05) is 30.3 Å². The van der Waals surface area contributed by atoms with Crippen LogP contribution >= 0.6 is 12.2 Å². The first-order chi connectivity index (χ1) is 18.4. The average molecular weight is 540 g/mol. The minimum absolute atomic E-state index is 0.0347. The van der Waals surface area contributed by atoms with E-state index in [0.717, 1.165) is 42.6 Å². The van der Waals surface area contributed by atoms with Crippen LogP contribution in [0.3, 0.4) is 0 Å². The molecule has 0 bridgehead atoms. The topological polar surface area (TPSA) is 99.6 Å². The van der Waals surface area contributed by atoms with Crippen LogP contribution in [0, 0.1) is 5.92 Å². The van der Waals surface area contributed by atoms with Crippen LogP contribution in [0.5, 0.6) is 0 Å². The summed E-state index contributed by atoms with van der Waals surface area (Å²) in [5, 5.41) is 14.5. The summed E-state index contributed by atoms with van der Waals surface area (Å²) >= 11 is 5.53. The molecular formula is C29H37N3O5S. The van der Waals surface area contributed by atoms with Crippen molar-refractivity contribution in [2.75, 3.05) is 6.61 Å². The maximum Gasteiger partial charge on any atom is 0.304 e. The highest BCUT2D eigenvalue weighted by atomic mass is 32.1. The number of hydrogen-bond acceptors (Lipinski definition) is 7. The van der Waals surface area contributed by atoms with E-state index < -0.39 is 5.97 Å². The number of aliphatic carboxylic acids is 1. The molecule has 0 radical (unpaired) electrons. The molecule has 38 heavy (non-hydrogen) atoms. The van der Waals surface area contributed by atoms with Crippen molar-refractivity contribution < 1.29 is 23.9 Å². The van der Waals surface area contributed by atoms with Crippen molar-refractivity contribution in [2.24, 2.45) is 5.92 Å². The number of ether oxygens (including phenoxy) is 2. The Kier molecular flexibility index (Phi) is 10.1. The Hall–Kier alpha value is -3.04. The smallest absolute Gasteiger partial charge is 0.304 e. The first-order valence-corrected chi connectivity index (χ1v) is 13.8. The number of carboxylic acids is 1. The summed E-state index contributed by atoms with van der Waals surface area (Å²) in [6.07, 6.45) is 9.69. The van der Waals surface area contributed by atoms with Gasteiger partial charge in [0.05, 0.1) is 24.3 Å². The van der Waals surface area contributed by atoms with Crippen molar-refractivity contribution in [1.29, 1.82) is 0 Å². The van der Waals surface area contributed by atoms with Crippen molar-refractivity contribution in [2.45, 2.75) is 83.3 Å². The van der Waals surface area contributed by atoms with Crippen molar-refractivity contribution in [3.8, 4) is 0 Å². The highest BCUT2D eigenvalue weighted by Crippen LogP contribution is 2.46. The molecule has 3 aromatic rings. The van der Waals surface area contributed by atoms with Gasteiger partial charge in [-0.25, -0.2) is 4.98 Å². The fraction of sp³-hybridized carbons (Fsp3) is 0.517. The van der Waals surface area contributed by atoms with Crippen molar-refractivity contribution in [3.05, 3.63) is 71.6 Å². The van der Waals surface area contributed by atoms with Gasteiger partial charge in [-0.05, 0) is 55.8 Å². The fourth-order valence-corrected chi connectivity index (χ4v) is 5.31. The second-order valence-electron chi connectivity index (χ2n) is 10.4. The summed E-state index contributed by atoms with van der Waals surface area (Å²) in [5.41, 5.74) is 2.67. The zero-order valence-corrected chi connectivity index (χ0v) is 22.9. The molecule has 9 heteroatoms. The number of thiocarbonyl (C=S) groups is 1. The van der Waals surface area contributed by atoms with Gasteiger partial charge in [-0.2, -0.15) is 0 Å². The summed E-state index contributed by atoms with van der Waals surface area (Å²) in [6.45, 7) is 5.50. The minimum atomic E-state index is -0.865. The van der Waals surface area contributed by atoms with Gasteiger partial charge < -0.3 is 19.1 Å². The molecule has 2 aromatic heterocycles. The predicted molar refractivity (Wildman–Crippen MR) is 147 cm³/mol. The van der Waals surface area contributed by atoms with Crippen LogP contribution < -0.4 is 0 Å². The van der Waals surface area contributed by atoms with Crippen LogP contribution in [0.15, 0.2) is 53.6 Å². The van der Waals surface area contributed by atoms with Crippen LogP contribution in [0.25, 0.3) is 0 Å². The van der Waals surface area contributed by atoms with Crippen molar-refractivity contribution in [3.63, 3.8) is 0 Å². The molecule has 1 aliphatic rings. The highest BCUT2D eigenvalue weighted by molar-refractivity contribution is 7.80. The molecule has 0 amide bonds. The molecule has 0 fully saturated rings. The molecule has 1 N–H and O–H groups in total. The number of imidazole rings is 1. The number of carboxylic acid groups (broad SMARTS) is 1. The molecule has 204 valence electrons. The van der Waals surface area contributed by atoms with Gasteiger partial charge in [0.2, 0.25) is 0 Å². The lowest BCUT2D eigenvalue weighted by Crippen LogP contribution is -2.23. The van der Waals surface area contributed by atoms with E-state index in [2.05, 4.69) is 24.0 Å². The Balaban J connectivity index is 1.51. The van der Waals surface area contributed by atoms with Gasteiger partial charge in [0.25, 0.3) is 5.17 Å². The molecule has 1 aromatic carbocycles. The summed E-state index contributed by atoms with van der Waals surface area (Å²) < 4.78 is 19.7. The van der Waals surface area contributed by atoms with Crippen LogP contribution in [0.2, 0.25) is 0 Å². The van der Waals surface area contributed by atoms with Gasteiger partial charge in [0.15, 0.2) is 0 Å². The third-order valence-corrected chi connectivity index (χ3v) is 7.37. The van der Waals surface area contributed by atoms with Crippen molar-refractivity contribution >= 4 is 23.4 Å². The Bertz CT molecular complexity index is 1160. The monoisotopic (exact) mass is 539 g/mol. The maximum absolute atomic E-state index is 11.9. The molecule has 4 rings (SSSR count). The Morgan fingerprint density at radius 3 is 2.76 bits per heavy atom. The summed E-state index contributed by atoms with van der Waals surface area (Å²) in [5.74, 6) is 0.461. The first kappa shape index (κ1) is 28.0. The molecule has 1 aliphatic carbocycles. The van der Waals surface area contributed by atoms with E-state index in [-0.39, 0.29) is 24.4 Å². The summed E-state index contributed by atoms with van der Waals surface area (Å²) in [6, 6.07) is 10.0. The fourth-order valence-electron chi connectivity index (χ4n) is 5.08. The predicted octanol–water partition coefficient (Wildman–Crippen LogP) is 6.63. The number of rotatable bonds is 13. The van der Waals surface area contributed by atoms with Gasteiger partial charge in [-0.3, -0.25) is 9.36 Å². The maximum atomic E-state index is 11.9. The number of hydrogen-bond donors (Lipinski definition) is 1. The largest absolute Gasteiger partial charge is 0.481 e. The lowest BCUT2D eigenvalue weighted by Gasteiger charge is -2.29. The number of carbonyl (C=O) groups is 1. The van der Waals surface area contributed by atoms with Crippen LogP contribution in [0.4, 0.5) is 0 Å². The van der Waals surface area contributed by atoms with E-state index in [1.165, 1.54) is 0 Å². The Morgan fingerprint density at radius 1 is 1.24 bits per heavy atom. The quantitative estimate of drug-likeness (QED) is 0.191. The van der Waals surface area contributed by atoms with Gasteiger partial charge in [0, 0.05) is 30.8 Å². The van der Waals surface area contributed by atoms with Gasteiger partial charge in [-0.15, -0.1) is 0 Å². The molecule has 8 nitrogen and oxygen atoms in total. The zero-order valence-electron chi connectivity index (χ0n) is 22.1. The third kappa shape index (κ3) is 7.51. The molecule has 0 saturated heterocycles. The van der Waals surface area contributed by atoms with E-state index >= 15 is 0 Å². The minimum Gasteiger partial charge on any atom is -0.481 e. The second-order valence-corrected chi connectivity index (χ2v) is 10.8. The zero-order chi connectivity index (χ0) is 26.9. The van der Waals surface area contributed by atoms with E-state index in [0.29, 0.717) is 42.8 Å². The average Bonchev–Trinajstić information content (AvgIpc) is 3.59. The van der Waals surface area contributed by atoms with Gasteiger partial charge in [0.1, 0.15) is 18.2 Å². The SMILES string of the molecule is CC(C)CCC1CC[C@H](OC(=S)n2ccnc2)c2c(C(CCCOCc3ccccc3)CC(=O)O)noc21. The standard InChI is InChI=1S/C29H37N3O5S/c1-20(2)10-11-22-12-13-24(36-29(38)32-15-14-30-19-32)26-27(31-37-28(22)26)23(17-25(33)34)9-6-16-35-18-21-7-4-3-5-8-21/h3-5,7-8,14-15,19-20,22-24H,6,9-13,16-18H2,1-2H3,(H,33,34)/t22?,23?,24-/m0/s1. The second kappa shape index (κ2) is 13.7. The van der Waals surface area contributed by atoms with Gasteiger partial charge >= 0.3 is 5.97 Å². The number of aromatic nitrogens is 3. The molecule has 2 heterocycles. The molecule has 3 atom stereocenters. The number of nitrogens with zero attached hydrogens (tertiary/aromatic N) is 3. The van der Waals surface area contributed by atoms with Crippen LogP contribution in [-0.4, -0.2) is 37.6 Å². The highest BCUT2D eigenvalue weighted by Gasteiger charge is 2.38. The molecular weight excluding hydrogens is 502 g/mol. The summed E-state index contributed by atoms with van der Waals surface area (Å²) in [7, 11) is 0. The van der Waals surface area contributed by atoms with Crippen LogP contribution in [0.1, 0.15) is 99.3 Å². The van der Waals surface area contributed by atoms with Crippen molar-refractivity contribution in [1.82, 2.24) is 14.7 Å². The number of benzene rings is 1. The van der Waals surface area contributed by atoms with E-state index in [9.17, 15) is 9.90 Å².